The third-order valence-corrected chi connectivity index (χ3v) is 7.82. The molecule has 6 aromatic rings. The number of nitrogens with zero attached hydrogens (tertiary/aromatic N) is 7. The van der Waals surface area contributed by atoms with E-state index in [9.17, 15) is 20.2 Å². The van der Waals surface area contributed by atoms with Gasteiger partial charge >= 0.3 is 0 Å². The predicted octanol–water partition coefficient (Wildman–Crippen LogP) is 8.44. The zero-order chi connectivity index (χ0) is 34.6. The average Bonchev–Trinajstić information content (AvgIpc) is 3.74. The maximum atomic E-state index is 10.8. The van der Waals surface area contributed by atoms with Gasteiger partial charge in [-0.25, -0.2) is 0 Å². The second kappa shape index (κ2) is 14.4. The van der Waals surface area contributed by atoms with E-state index in [1.807, 2.05) is 62.2 Å². The number of fused-ring (bicyclic) bond motifs is 3. The molecule has 0 aliphatic carbocycles. The molecular formula is C34H43N9O4. The molecule has 0 fully saturated rings. The topological polar surface area (TPSA) is 177 Å². The number of aromatic amines is 1. The summed E-state index contributed by atoms with van der Waals surface area (Å²) >= 11 is 0. The Bertz CT molecular complexity index is 2040. The van der Waals surface area contributed by atoms with E-state index >= 15 is 0 Å². The van der Waals surface area contributed by atoms with E-state index in [0.717, 1.165) is 57.7 Å². The van der Waals surface area contributed by atoms with Gasteiger partial charge in [-0.2, -0.15) is 15.3 Å². The number of hydrogen-bond acceptors (Lipinski definition) is 8. The van der Waals surface area contributed by atoms with E-state index in [2.05, 4.69) is 41.2 Å². The number of nitrogens with two attached hydrogens (primary N) is 1. The number of H-pyrrole nitrogens is 1. The number of nitrogen functional groups attached to an aromatic ring is 1. The first-order chi connectivity index (χ1) is 22.3. The Balaban J connectivity index is 0.000000160. The number of rotatable bonds is 7. The van der Waals surface area contributed by atoms with E-state index in [-0.39, 0.29) is 28.1 Å². The Morgan fingerprint density at radius 1 is 0.702 bits per heavy atom. The van der Waals surface area contributed by atoms with Crippen LogP contribution in [0.1, 0.15) is 90.2 Å². The van der Waals surface area contributed by atoms with Crippen molar-refractivity contribution in [3.8, 4) is 0 Å². The highest BCUT2D eigenvalue weighted by Gasteiger charge is 2.17. The highest BCUT2D eigenvalue weighted by Crippen LogP contribution is 2.29. The molecule has 3 heterocycles. The molecule has 3 aromatic carbocycles. The Morgan fingerprint density at radius 3 is 1.64 bits per heavy atom. The third kappa shape index (κ3) is 7.40. The summed E-state index contributed by atoms with van der Waals surface area (Å²) in [7, 11) is 0. The van der Waals surface area contributed by atoms with Gasteiger partial charge in [0, 0.05) is 64.9 Å². The fraction of sp³-hybridized carbons (Fsp3) is 0.382. The Morgan fingerprint density at radius 2 is 1.17 bits per heavy atom. The third-order valence-electron chi connectivity index (χ3n) is 7.82. The van der Waals surface area contributed by atoms with Gasteiger partial charge in [0.25, 0.3) is 11.4 Å². The van der Waals surface area contributed by atoms with Gasteiger partial charge in [-0.05, 0) is 61.9 Å². The quantitative estimate of drug-likeness (QED) is 0.0990. The van der Waals surface area contributed by atoms with Gasteiger partial charge in [0.1, 0.15) is 0 Å². The van der Waals surface area contributed by atoms with Gasteiger partial charge in [-0.15, -0.1) is 0 Å². The number of non-ortho nitro benzene ring substituents is 2. The highest BCUT2D eigenvalue weighted by molar-refractivity contribution is 5.86. The second-order valence-corrected chi connectivity index (χ2v) is 12.2. The lowest BCUT2D eigenvalue weighted by atomic mass is 10.1. The Kier molecular flexibility index (Phi) is 10.6. The lowest BCUT2D eigenvalue weighted by Gasteiger charge is -2.00. The molecule has 0 spiro atoms. The molecule has 0 atom stereocenters. The first-order valence-corrected chi connectivity index (χ1v) is 15.8. The van der Waals surface area contributed by atoms with Crippen LogP contribution in [0.25, 0.3) is 32.7 Å². The summed E-state index contributed by atoms with van der Waals surface area (Å²) in [5.74, 6) is 0.964. The lowest BCUT2D eigenvalue weighted by Crippen LogP contribution is -1.97. The molecule has 0 radical (unpaired) electrons. The van der Waals surface area contributed by atoms with Gasteiger partial charge < -0.3 is 5.73 Å². The lowest BCUT2D eigenvalue weighted by molar-refractivity contribution is -0.384. The maximum Gasteiger partial charge on any atom is 0.270 e. The number of aromatic nitrogens is 6. The summed E-state index contributed by atoms with van der Waals surface area (Å²) in [5.41, 5.74) is 12.7. The normalized spacial score (nSPS) is 11.3. The van der Waals surface area contributed by atoms with Crippen molar-refractivity contribution in [1.82, 2.24) is 29.8 Å². The molecule has 0 unspecified atom stereocenters. The summed E-state index contributed by atoms with van der Waals surface area (Å²) in [6.07, 6.45) is 0. The number of anilines is 1. The fourth-order valence-electron chi connectivity index (χ4n) is 5.43. The number of nitro benzene ring substituents is 2. The van der Waals surface area contributed by atoms with Crippen LogP contribution in [0.4, 0.5) is 17.1 Å². The second-order valence-electron chi connectivity index (χ2n) is 12.2. The Hall–Kier alpha value is -5.33. The van der Waals surface area contributed by atoms with Gasteiger partial charge in [-0.1, -0.05) is 41.5 Å². The fourth-order valence-corrected chi connectivity index (χ4v) is 5.43. The first-order valence-electron chi connectivity index (χ1n) is 15.8. The van der Waals surface area contributed by atoms with Crippen molar-refractivity contribution >= 4 is 49.8 Å². The average molecular weight is 642 g/mol. The zero-order valence-corrected chi connectivity index (χ0v) is 28.2. The maximum absolute atomic E-state index is 10.8. The summed E-state index contributed by atoms with van der Waals surface area (Å²) in [4.78, 5) is 20.6. The number of nitrogens with one attached hydrogen (secondary N) is 1. The molecular weight excluding hydrogens is 598 g/mol. The smallest absolute Gasteiger partial charge is 0.270 e. The molecule has 6 rings (SSSR count). The minimum absolute atomic E-state index is 0.103. The number of nitro groups is 2. The van der Waals surface area contributed by atoms with Crippen molar-refractivity contribution in [3.05, 3.63) is 91.9 Å². The number of hydrogen-bond donors (Lipinski definition) is 2. The van der Waals surface area contributed by atoms with Crippen LogP contribution in [-0.2, 0) is 13.1 Å². The minimum Gasteiger partial charge on any atom is -0.399 e. The molecule has 0 saturated carbocycles. The first kappa shape index (κ1) is 34.5. The van der Waals surface area contributed by atoms with Gasteiger partial charge in [0.2, 0.25) is 0 Å². The molecule has 0 amide bonds. The highest BCUT2D eigenvalue weighted by atomic mass is 16.6. The van der Waals surface area contributed by atoms with Crippen LogP contribution >= 0.6 is 0 Å². The number of benzene rings is 3. The van der Waals surface area contributed by atoms with E-state index in [0.29, 0.717) is 5.92 Å². The molecule has 0 aliphatic rings. The monoisotopic (exact) mass is 641 g/mol. The van der Waals surface area contributed by atoms with Gasteiger partial charge in [0.15, 0.2) is 0 Å². The predicted molar refractivity (Wildman–Crippen MR) is 187 cm³/mol. The van der Waals surface area contributed by atoms with Crippen LogP contribution < -0.4 is 5.73 Å². The van der Waals surface area contributed by atoms with Crippen LogP contribution in [0.2, 0.25) is 0 Å². The summed E-state index contributed by atoms with van der Waals surface area (Å²) in [6, 6.07) is 15.6. The van der Waals surface area contributed by atoms with Crippen LogP contribution in [-0.4, -0.2) is 39.6 Å². The van der Waals surface area contributed by atoms with Crippen molar-refractivity contribution in [2.24, 2.45) is 0 Å². The van der Waals surface area contributed by atoms with Crippen molar-refractivity contribution in [1.29, 1.82) is 0 Å². The van der Waals surface area contributed by atoms with Crippen molar-refractivity contribution in [2.75, 3.05) is 5.73 Å². The van der Waals surface area contributed by atoms with E-state index in [1.54, 1.807) is 24.3 Å². The molecule has 3 N–H and O–H groups in total. The molecule has 0 aliphatic heterocycles. The van der Waals surface area contributed by atoms with Crippen LogP contribution in [0.5, 0.6) is 0 Å². The Labute approximate surface area is 273 Å². The summed E-state index contributed by atoms with van der Waals surface area (Å²) in [5, 5.41) is 40.4. The summed E-state index contributed by atoms with van der Waals surface area (Å²) in [6.45, 7) is 18.2. The van der Waals surface area contributed by atoms with E-state index < -0.39 is 4.92 Å². The van der Waals surface area contributed by atoms with E-state index in [4.69, 9.17) is 5.73 Å². The molecule has 47 heavy (non-hydrogen) atoms. The van der Waals surface area contributed by atoms with Crippen LogP contribution in [0.15, 0.2) is 54.6 Å². The van der Waals surface area contributed by atoms with Crippen molar-refractivity contribution in [3.63, 3.8) is 0 Å². The standard InChI is InChI=1S/C12H15N3O2.C12H17N3.C10H11N3O2/c1-4-14-11-6-5-9(15(16)17)7-10(11)12(13-14)8(2)3;1-4-15-11-6-5-9(13)7-10(11)12(14-15)8(2)3;1-6(2)10-8-5-7(13(14)15)3-4-9(8)11-12-10/h5-8H,4H2,1-3H3;5-8H,4,13H2,1-3H3;3-6H,1-2H3,(H,11,12). The molecule has 0 bridgehead atoms. The van der Waals surface area contributed by atoms with E-state index in [1.165, 1.54) is 23.0 Å². The SMILES string of the molecule is CC(C)c1[nH]nc2ccc([N+](=O)[O-])cc12.CCn1nc(C(C)C)c2cc(N)ccc21.CCn1nc(C(C)C)c2cc([N+](=O)[O-])ccc21. The molecule has 3 aromatic heterocycles. The molecule has 0 saturated heterocycles. The largest absolute Gasteiger partial charge is 0.399 e. The minimum atomic E-state index is -0.392. The van der Waals surface area contributed by atoms with Crippen molar-refractivity contribution in [2.45, 2.75) is 86.2 Å². The molecule has 13 nitrogen and oxygen atoms in total. The van der Waals surface area contributed by atoms with Crippen LogP contribution in [0, 0.1) is 20.2 Å². The number of aryl methyl sites for hydroxylation is 2. The van der Waals surface area contributed by atoms with Gasteiger partial charge in [-0.3, -0.25) is 34.7 Å². The van der Waals surface area contributed by atoms with Crippen molar-refractivity contribution < 1.29 is 9.85 Å². The molecule has 248 valence electrons. The summed E-state index contributed by atoms with van der Waals surface area (Å²) < 4.78 is 3.92. The molecule has 13 heteroatoms. The van der Waals surface area contributed by atoms with Crippen LogP contribution in [0.3, 0.4) is 0 Å². The van der Waals surface area contributed by atoms with Gasteiger partial charge in [0.05, 0.1) is 37.8 Å². The zero-order valence-electron chi connectivity index (χ0n) is 28.2.